The van der Waals surface area contributed by atoms with E-state index >= 15 is 0 Å². The van der Waals surface area contributed by atoms with Gasteiger partial charge in [0.1, 0.15) is 5.82 Å². The van der Waals surface area contributed by atoms with Gasteiger partial charge in [-0.05, 0) is 64.8 Å². The van der Waals surface area contributed by atoms with Crippen LogP contribution in [0, 0.1) is 12.7 Å². The highest BCUT2D eigenvalue weighted by Gasteiger charge is 2.13. The summed E-state index contributed by atoms with van der Waals surface area (Å²) in [4.78, 5) is 13.5. The van der Waals surface area contributed by atoms with Crippen molar-refractivity contribution in [1.29, 1.82) is 0 Å². The van der Waals surface area contributed by atoms with Crippen LogP contribution in [0.1, 0.15) is 16.1 Å². The van der Waals surface area contributed by atoms with Crippen molar-refractivity contribution in [2.24, 2.45) is 0 Å². The van der Waals surface area contributed by atoms with E-state index in [4.69, 9.17) is 0 Å². The van der Waals surface area contributed by atoms with Crippen molar-refractivity contribution in [3.8, 4) is 5.69 Å². The van der Waals surface area contributed by atoms with E-state index in [0.717, 1.165) is 10.0 Å². The number of aromatic nitrogens is 3. The molecule has 3 rings (SSSR count). The van der Waals surface area contributed by atoms with Crippen molar-refractivity contribution >= 4 is 27.5 Å². The number of carbonyl (C=O) groups excluding carboxylic acids is 1. The van der Waals surface area contributed by atoms with E-state index in [0.29, 0.717) is 11.4 Å². The maximum Gasteiger partial charge on any atom is 0.277 e. The highest BCUT2D eigenvalue weighted by molar-refractivity contribution is 9.10. The number of anilines is 1. The number of rotatable bonds is 3. The summed E-state index contributed by atoms with van der Waals surface area (Å²) >= 11 is 3.41. The molecule has 7 heteroatoms. The molecule has 1 heterocycles. The standard InChI is InChI=1S/C16H12BrFN4O/c1-10-2-7-14(13(17)8-10)20-16(23)15-9-19-22(21-15)12-5-3-11(18)4-6-12/h2-9H,1H3,(H,20,23). The fourth-order valence-electron chi connectivity index (χ4n) is 1.97. The summed E-state index contributed by atoms with van der Waals surface area (Å²) in [7, 11) is 0. The van der Waals surface area contributed by atoms with Crippen molar-refractivity contribution in [2.45, 2.75) is 6.92 Å². The molecule has 1 N–H and O–H groups in total. The maximum absolute atomic E-state index is 12.9. The van der Waals surface area contributed by atoms with Gasteiger partial charge in [0.15, 0.2) is 5.69 Å². The molecule has 0 saturated carbocycles. The molecular weight excluding hydrogens is 363 g/mol. The monoisotopic (exact) mass is 374 g/mol. The summed E-state index contributed by atoms with van der Waals surface area (Å²) in [5.74, 6) is -0.717. The molecule has 0 fully saturated rings. The van der Waals surface area contributed by atoms with Crippen molar-refractivity contribution in [3.63, 3.8) is 0 Å². The van der Waals surface area contributed by atoms with Crippen LogP contribution in [0.2, 0.25) is 0 Å². The van der Waals surface area contributed by atoms with Gasteiger partial charge in [-0.15, -0.1) is 5.10 Å². The summed E-state index contributed by atoms with van der Waals surface area (Å²) in [5.41, 5.74) is 2.47. The molecule has 1 aromatic heterocycles. The SMILES string of the molecule is Cc1ccc(NC(=O)c2cnn(-c3ccc(F)cc3)n2)c(Br)c1. The molecule has 0 spiro atoms. The zero-order valence-electron chi connectivity index (χ0n) is 12.1. The Morgan fingerprint density at radius 1 is 1.22 bits per heavy atom. The number of aryl methyl sites for hydroxylation is 1. The summed E-state index contributed by atoms with van der Waals surface area (Å²) in [6.07, 6.45) is 1.36. The van der Waals surface area contributed by atoms with Gasteiger partial charge in [-0.2, -0.15) is 9.90 Å². The number of nitrogens with zero attached hydrogens (tertiary/aromatic N) is 3. The van der Waals surface area contributed by atoms with Crippen molar-refractivity contribution in [1.82, 2.24) is 15.0 Å². The number of amides is 1. The van der Waals surface area contributed by atoms with E-state index in [1.165, 1.54) is 35.3 Å². The lowest BCUT2D eigenvalue weighted by atomic mass is 10.2. The molecule has 0 atom stereocenters. The Balaban J connectivity index is 1.79. The van der Waals surface area contributed by atoms with Crippen LogP contribution < -0.4 is 5.32 Å². The average Bonchev–Trinajstić information content (AvgIpc) is 3.01. The quantitative estimate of drug-likeness (QED) is 0.759. The second-order valence-electron chi connectivity index (χ2n) is 4.93. The minimum absolute atomic E-state index is 0.168. The molecule has 1 amide bonds. The van der Waals surface area contributed by atoms with E-state index in [1.54, 1.807) is 0 Å². The second-order valence-corrected chi connectivity index (χ2v) is 5.79. The zero-order chi connectivity index (χ0) is 16.4. The van der Waals surface area contributed by atoms with Gasteiger partial charge in [-0.1, -0.05) is 6.07 Å². The third kappa shape index (κ3) is 3.45. The van der Waals surface area contributed by atoms with E-state index in [1.807, 2.05) is 25.1 Å². The van der Waals surface area contributed by atoms with Gasteiger partial charge in [0.25, 0.3) is 5.91 Å². The van der Waals surface area contributed by atoms with Gasteiger partial charge in [0.2, 0.25) is 0 Å². The Kier molecular flexibility index (Phi) is 4.20. The minimum Gasteiger partial charge on any atom is -0.319 e. The lowest BCUT2D eigenvalue weighted by molar-refractivity contribution is 0.102. The van der Waals surface area contributed by atoms with Crippen LogP contribution in [-0.4, -0.2) is 20.9 Å². The molecule has 0 saturated heterocycles. The summed E-state index contributed by atoms with van der Waals surface area (Å²) in [5, 5.41) is 10.9. The van der Waals surface area contributed by atoms with Crippen molar-refractivity contribution in [2.75, 3.05) is 5.32 Å². The van der Waals surface area contributed by atoms with Crippen LogP contribution in [-0.2, 0) is 0 Å². The lowest BCUT2D eigenvalue weighted by Crippen LogP contribution is -2.13. The minimum atomic E-state index is -0.372. The summed E-state index contributed by atoms with van der Waals surface area (Å²) in [6, 6.07) is 11.3. The molecule has 5 nitrogen and oxygen atoms in total. The van der Waals surface area contributed by atoms with Gasteiger partial charge in [-0.25, -0.2) is 4.39 Å². The zero-order valence-corrected chi connectivity index (χ0v) is 13.7. The highest BCUT2D eigenvalue weighted by atomic mass is 79.9. The first-order chi connectivity index (χ1) is 11.0. The average molecular weight is 375 g/mol. The van der Waals surface area contributed by atoms with Gasteiger partial charge in [0, 0.05) is 4.47 Å². The predicted octanol–water partition coefficient (Wildman–Crippen LogP) is 3.73. The van der Waals surface area contributed by atoms with Crippen molar-refractivity contribution in [3.05, 3.63) is 70.2 Å². The molecule has 0 radical (unpaired) electrons. The Morgan fingerprint density at radius 2 is 1.96 bits per heavy atom. The van der Waals surface area contributed by atoms with Crippen molar-refractivity contribution < 1.29 is 9.18 Å². The number of benzene rings is 2. The first-order valence-corrected chi connectivity index (χ1v) is 7.58. The molecule has 2 aromatic carbocycles. The van der Waals surface area contributed by atoms with Gasteiger partial charge < -0.3 is 5.32 Å². The van der Waals surface area contributed by atoms with Crippen LogP contribution in [0.3, 0.4) is 0 Å². The number of hydrogen-bond donors (Lipinski definition) is 1. The van der Waals surface area contributed by atoms with Crippen LogP contribution in [0.4, 0.5) is 10.1 Å². The van der Waals surface area contributed by atoms with Gasteiger partial charge in [0.05, 0.1) is 17.6 Å². The molecule has 23 heavy (non-hydrogen) atoms. The number of carbonyl (C=O) groups is 1. The largest absolute Gasteiger partial charge is 0.319 e. The first kappa shape index (κ1) is 15.4. The van der Waals surface area contributed by atoms with E-state index in [2.05, 4.69) is 31.4 Å². The van der Waals surface area contributed by atoms with Crippen LogP contribution in [0.15, 0.2) is 53.1 Å². The summed E-state index contributed by atoms with van der Waals surface area (Å²) in [6.45, 7) is 1.96. The topological polar surface area (TPSA) is 59.8 Å². The number of nitrogens with one attached hydrogen (secondary N) is 1. The smallest absolute Gasteiger partial charge is 0.277 e. The molecule has 0 aliphatic rings. The van der Waals surface area contributed by atoms with Gasteiger partial charge in [-0.3, -0.25) is 4.79 Å². The first-order valence-electron chi connectivity index (χ1n) is 6.79. The van der Waals surface area contributed by atoms with Crippen LogP contribution in [0.25, 0.3) is 5.69 Å². The fourth-order valence-corrected chi connectivity index (χ4v) is 2.57. The third-order valence-corrected chi connectivity index (χ3v) is 3.81. The molecule has 0 aliphatic heterocycles. The number of halogens is 2. The Hall–Kier alpha value is -2.54. The van der Waals surface area contributed by atoms with E-state index in [-0.39, 0.29) is 17.4 Å². The fraction of sp³-hybridized carbons (Fsp3) is 0.0625. The van der Waals surface area contributed by atoms with Gasteiger partial charge >= 0.3 is 0 Å². The molecule has 0 bridgehead atoms. The second kappa shape index (κ2) is 6.29. The Labute approximate surface area is 140 Å². The molecule has 116 valence electrons. The lowest BCUT2D eigenvalue weighted by Gasteiger charge is -2.06. The van der Waals surface area contributed by atoms with E-state index < -0.39 is 0 Å². The molecule has 0 unspecified atom stereocenters. The summed E-state index contributed by atoms with van der Waals surface area (Å²) < 4.78 is 13.7. The van der Waals surface area contributed by atoms with Crippen LogP contribution in [0.5, 0.6) is 0 Å². The van der Waals surface area contributed by atoms with Crippen LogP contribution >= 0.6 is 15.9 Å². The molecule has 3 aromatic rings. The van der Waals surface area contributed by atoms with E-state index in [9.17, 15) is 9.18 Å². The molecular formula is C16H12BrFN4O. The predicted molar refractivity (Wildman–Crippen MR) is 88.1 cm³/mol. The Bertz CT molecular complexity index is 861. The maximum atomic E-state index is 12.9. The number of hydrogen-bond acceptors (Lipinski definition) is 3. The Morgan fingerprint density at radius 3 is 2.65 bits per heavy atom. The third-order valence-electron chi connectivity index (χ3n) is 3.15. The highest BCUT2D eigenvalue weighted by Crippen LogP contribution is 2.23. The molecule has 0 aliphatic carbocycles. The normalized spacial score (nSPS) is 10.6.